The molecule has 0 radical (unpaired) electrons. The monoisotopic (exact) mass is 456 g/mol. The number of nitrogens with zero attached hydrogens (tertiary/aromatic N) is 3. The molecule has 3 rings (SSSR count). The van der Waals surface area contributed by atoms with Crippen LogP contribution in [0.1, 0.15) is 50.5 Å². The van der Waals surface area contributed by atoms with E-state index >= 15 is 0 Å². The molecule has 1 heterocycles. The average Bonchev–Trinajstić information content (AvgIpc) is 3.21. The zero-order valence-corrected chi connectivity index (χ0v) is 20.0. The topological polar surface area (TPSA) is 64.2 Å². The fourth-order valence-corrected chi connectivity index (χ4v) is 4.08. The average molecular weight is 457 g/mol. The van der Waals surface area contributed by atoms with Crippen LogP contribution in [-0.2, 0) is 4.79 Å². The number of quaternary nitrogens is 1. The van der Waals surface area contributed by atoms with Gasteiger partial charge in [0.05, 0.1) is 19.8 Å². The van der Waals surface area contributed by atoms with E-state index < -0.39 is 0 Å². The van der Waals surface area contributed by atoms with Gasteiger partial charge in [-0.25, -0.2) is 4.39 Å². The highest BCUT2D eigenvalue weighted by Crippen LogP contribution is 2.28. The maximum atomic E-state index is 13.5. The number of hydrogen-bond acceptors (Lipinski definition) is 4. The van der Waals surface area contributed by atoms with Crippen LogP contribution in [0.15, 0.2) is 53.7 Å². The Morgan fingerprint density at radius 1 is 1.12 bits per heavy atom. The van der Waals surface area contributed by atoms with Crippen LogP contribution in [0.3, 0.4) is 0 Å². The van der Waals surface area contributed by atoms with Gasteiger partial charge in [-0.3, -0.25) is 9.36 Å². The number of rotatable bonds is 9. The fourth-order valence-electron chi connectivity index (χ4n) is 3.32. The molecule has 0 unspecified atom stereocenters. The molecule has 1 aromatic heterocycles. The van der Waals surface area contributed by atoms with Crippen molar-refractivity contribution >= 4 is 23.4 Å². The molecule has 170 valence electrons. The van der Waals surface area contributed by atoms with Crippen molar-refractivity contribution in [3.63, 3.8) is 0 Å². The van der Waals surface area contributed by atoms with Crippen LogP contribution in [0.25, 0.3) is 5.69 Å². The van der Waals surface area contributed by atoms with Crippen LogP contribution < -0.4 is 10.2 Å². The van der Waals surface area contributed by atoms with Crippen molar-refractivity contribution in [2.24, 2.45) is 0 Å². The number of amides is 1. The Labute approximate surface area is 193 Å². The first kappa shape index (κ1) is 23.9. The van der Waals surface area contributed by atoms with E-state index in [1.165, 1.54) is 28.8 Å². The van der Waals surface area contributed by atoms with Gasteiger partial charge in [0.2, 0.25) is 5.91 Å². The number of carbonyl (C=O) groups is 1. The number of anilines is 1. The highest BCUT2D eigenvalue weighted by Gasteiger charge is 2.24. The van der Waals surface area contributed by atoms with Crippen molar-refractivity contribution in [2.75, 3.05) is 25.2 Å². The third-order valence-corrected chi connectivity index (χ3v) is 6.64. The van der Waals surface area contributed by atoms with Crippen molar-refractivity contribution in [2.45, 2.75) is 44.3 Å². The van der Waals surface area contributed by atoms with E-state index in [1.807, 2.05) is 36.9 Å². The first-order valence-corrected chi connectivity index (χ1v) is 11.8. The molecule has 3 aromatic rings. The van der Waals surface area contributed by atoms with Gasteiger partial charge in [-0.1, -0.05) is 43.8 Å². The van der Waals surface area contributed by atoms with Crippen molar-refractivity contribution in [1.29, 1.82) is 0 Å². The van der Waals surface area contributed by atoms with E-state index in [2.05, 4.69) is 42.4 Å². The molecule has 0 aliphatic heterocycles. The molecular weight excluding hydrogens is 425 g/mol. The second-order valence-electron chi connectivity index (χ2n) is 8.19. The second kappa shape index (κ2) is 10.7. The van der Waals surface area contributed by atoms with Gasteiger partial charge in [0.15, 0.2) is 11.0 Å². The lowest BCUT2D eigenvalue weighted by molar-refractivity contribution is -0.890. The molecule has 0 aliphatic rings. The van der Waals surface area contributed by atoms with Crippen molar-refractivity contribution in [3.05, 3.63) is 65.7 Å². The third-order valence-electron chi connectivity index (χ3n) is 5.71. The fraction of sp³-hybridized carbons (Fsp3) is 0.375. The van der Waals surface area contributed by atoms with E-state index in [0.29, 0.717) is 11.1 Å². The largest absolute Gasteiger partial charge is 0.331 e. The number of aromatic nitrogens is 3. The Balaban J connectivity index is 1.81. The van der Waals surface area contributed by atoms with Crippen LogP contribution in [0.4, 0.5) is 10.1 Å². The van der Waals surface area contributed by atoms with Crippen LogP contribution in [0.2, 0.25) is 0 Å². The first-order valence-electron chi connectivity index (χ1n) is 10.8. The Morgan fingerprint density at radius 3 is 2.47 bits per heavy atom. The van der Waals surface area contributed by atoms with Gasteiger partial charge >= 0.3 is 0 Å². The number of thioether (sulfide) groups is 1. The summed E-state index contributed by atoms with van der Waals surface area (Å²) in [5.41, 5.74) is 2.75. The summed E-state index contributed by atoms with van der Waals surface area (Å²) in [5, 5.41) is 12.4. The molecule has 2 atom stereocenters. The molecule has 2 aromatic carbocycles. The van der Waals surface area contributed by atoms with Crippen LogP contribution in [0.5, 0.6) is 0 Å². The summed E-state index contributed by atoms with van der Waals surface area (Å²) in [6.45, 7) is 6.35. The maximum absolute atomic E-state index is 13.5. The summed E-state index contributed by atoms with van der Waals surface area (Å²) in [7, 11) is 4.09. The minimum absolute atomic E-state index is 0.0677. The van der Waals surface area contributed by atoms with Gasteiger partial charge in [-0.05, 0) is 55.2 Å². The first-order chi connectivity index (χ1) is 15.3. The number of hydrogen-bond donors (Lipinski definition) is 2. The van der Waals surface area contributed by atoms with Gasteiger partial charge in [0, 0.05) is 11.4 Å². The second-order valence-corrected chi connectivity index (χ2v) is 9.13. The molecule has 0 saturated heterocycles. The van der Waals surface area contributed by atoms with E-state index in [1.54, 1.807) is 12.1 Å². The molecule has 0 aliphatic carbocycles. The number of para-hydroxylation sites is 1. The van der Waals surface area contributed by atoms with E-state index in [4.69, 9.17) is 0 Å². The molecule has 0 fully saturated rings. The Bertz CT molecular complexity index is 1050. The lowest BCUT2D eigenvalue weighted by atomic mass is 9.97. The number of halogens is 1. The van der Waals surface area contributed by atoms with E-state index in [9.17, 15) is 9.18 Å². The van der Waals surface area contributed by atoms with Gasteiger partial charge in [0.25, 0.3) is 0 Å². The molecule has 8 heteroatoms. The SMILES string of the molecule is CC[C@H](C)c1ccccc1NC(=O)CSc1nnc([C@H](C)[NH+](C)C)n1-c1ccc(F)cc1. The van der Waals surface area contributed by atoms with Crippen molar-refractivity contribution in [3.8, 4) is 5.69 Å². The maximum Gasteiger partial charge on any atom is 0.234 e. The molecular formula is C24H31FN5OS+. The number of benzene rings is 2. The predicted molar refractivity (Wildman–Crippen MR) is 127 cm³/mol. The quantitative estimate of drug-likeness (QED) is 0.480. The summed E-state index contributed by atoms with van der Waals surface area (Å²) in [4.78, 5) is 13.9. The van der Waals surface area contributed by atoms with Crippen molar-refractivity contribution in [1.82, 2.24) is 14.8 Å². The zero-order valence-electron chi connectivity index (χ0n) is 19.2. The van der Waals surface area contributed by atoms with Crippen LogP contribution in [0, 0.1) is 5.82 Å². The third kappa shape index (κ3) is 5.55. The highest BCUT2D eigenvalue weighted by molar-refractivity contribution is 7.99. The molecule has 1 amide bonds. The molecule has 0 saturated carbocycles. The molecule has 2 N–H and O–H groups in total. The minimum Gasteiger partial charge on any atom is -0.331 e. The zero-order chi connectivity index (χ0) is 23.3. The molecule has 6 nitrogen and oxygen atoms in total. The lowest BCUT2D eigenvalue weighted by Crippen LogP contribution is -3.05. The summed E-state index contributed by atoms with van der Waals surface area (Å²) >= 11 is 1.32. The lowest BCUT2D eigenvalue weighted by Gasteiger charge is -2.18. The normalized spacial score (nSPS) is 13.2. The Morgan fingerprint density at radius 2 is 1.81 bits per heavy atom. The minimum atomic E-state index is -0.303. The van der Waals surface area contributed by atoms with Crippen LogP contribution >= 0.6 is 11.8 Å². The van der Waals surface area contributed by atoms with Crippen molar-refractivity contribution < 1.29 is 14.1 Å². The summed E-state index contributed by atoms with van der Waals surface area (Å²) in [6.07, 6.45) is 0.997. The predicted octanol–water partition coefficient (Wildman–Crippen LogP) is 3.86. The highest BCUT2D eigenvalue weighted by atomic mass is 32.2. The van der Waals surface area contributed by atoms with E-state index in [-0.39, 0.29) is 23.5 Å². The van der Waals surface area contributed by atoms with Gasteiger partial charge < -0.3 is 10.2 Å². The van der Waals surface area contributed by atoms with Gasteiger partial charge in [-0.2, -0.15) is 0 Å². The van der Waals surface area contributed by atoms with Gasteiger partial charge in [-0.15, -0.1) is 10.2 Å². The molecule has 0 bridgehead atoms. The van der Waals surface area contributed by atoms with E-state index in [0.717, 1.165) is 29.2 Å². The molecule has 32 heavy (non-hydrogen) atoms. The summed E-state index contributed by atoms with van der Waals surface area (Å²) < 4.78 is 15.4. The van der Waals surface area contributed by atoms with Crippen LogP contribution in [-0.4, -0.2) is 40.5 Å². The molecule has 0 spiro atoms. The van der Waals surface area contributed by atoms with Gasteiger partial charge in [0.1, 0.15) is 11.9 Å². The Hall–Kier alpha value is -2.71. The summed E-state index contributed by atoms with van der Waals surface area (Å²) in [5.74, 6) is 0.910. The number of nitrogens with one attached hydrogen (secondary N) is 2. The number of carbonyl (C=O) groups excluding carboxylic acids is 1. The Kier molecular flexibility index (Phi) is 8.04. The smallest absolute Gasteiger partial charge is 0.234 e. The summed E-state index contributed by atoms with van der Waals surface area (Å²) in [6, 6.07) is 14.2. The standard InChI is InChI=1S/C24H30FN5OS/c1-6-16(2)20-9-7-8-10-21(20)26-22(31)15-32-24-28-27-23(17(3)29(4)5)30(24)19-13-11-18(25)12-14-19/h7-14,16-17H,6,15H2,1-5H3,(H,26,31)/p+1/t16-,17-/m0/s1.